The summed E-state index contributed by atoms with van der Waals surface area (Å²) in [5, 5.41) is 0. The number of carbonyl (C=O) groups excluding carboxylic acids is 1. The third-order valence-electron chi connectivity index (χ3n) is 5.12. The number of ether oxygens (including phenoxy) is 2. The molecule has 1 aromatic heterocycles. The van der Waals surface area contributed by atoms with Gasteiger partial charge in [0.1, 0.15) is 5.69 Å². The van der Waals surface area contributed by atoms with Gasteiger partial charge in [-0.05, 0) is 24.3 Å². The second kappa shape index (κ2) is 7.05. The summed E-state index contributed by atoms with van der Waals surface area (Å²) in [7, 11) is 1.98. The highest BCUT2D eigenvalue weighted by atomic mass is 16.7. The van der Waals surface area contributed by atoms with E-state index < -0.39 is 5.79 Å². The summed E-state index contributed by atoms with van der Waals surface area (Å²) < 4.78 is 11.5. The molecule has 136 valence electrons. The van der Waals surface area contributed by atoms with E-state index in [-0.39, 0.29) is 5.91 Å². The lowest BCUT2D eigenvalue weighted by atomic mass is 10.0. The Hall–Kier alpha value is -2.44. The van der Waals surface area contributed by atoms with Crippen molar-refractivity contribution >= 4 is 17.3 Å². The number of carbonyl (C=O) groups is 1. The van der Waals surface area contributed by atoms with E-state index in [4.69, 9.17) is 9.47 Å². The number of hydrogen-bond donors (Lipinski definition) is 0. The number of benzene rings is 1. The average Bonchev–Trinajstić information content (AvgIpc) is 3.16. The van der Waals surface area contributed by atoms with Crippen molar-refractivity contribution in [3.63, 3.8) is 0 Å². The fraction of sp³-hybridized carbons (Fsp3) is 0.400. The zero-order valence-corrected chi connectivity index (χ0v) is 14.9. The SMILES string of the molecule is CN(c1ccccc1)c1ccnc(C(=O)N2CCC3(CC2)OCCO3)c1. The number of anilines is 2. The van der Waals surface area contributed by atoms with Crippen LogP contribution >= 0.6 is 0 Å². The topological polar surface area (TPSA) is 54.9 Å². The highest BCUT2D eigenvalue weighted by Gasteiger charge is 2.41. The summed E-state index contributed by atoms with van der Waals surface area (Å²) in [4.78, 5) is 21.1. The first-order valence-electron chi connectivity index (χ1n) is 8.99. The largest absolute Gasteiger partial charge is 0.347 e. The van der Waals surface area contributed by atoms with E-state index in [1.807, 2.05) is 59.3 Å². The van der Waals surface area contributed by atoms with Crippen molar-refractivity contribution in [1.82, 2.24) is 9.88 Å². The molecule has 6 nitrogen and oxygen atoms in total. The Kier molecular flexibility index (Phi) is 4.61. The van der Waals surface area contributed by atoms with Gasteiger partial charge in [-0.3, -0.25) is 9.78 Å². The molecule has 0 unspecified atom stereocenters. The summed E-state index contributed by atoms with van der Waals surface area (Å²) in [6.07, 6.45) is 3.11. The quantitative estimate of drug-likeness (QED) is 0.849. The lowest BCUT2D eigenvalue weighted by Gasteiger charge is -2.37. The van der Waals surface area contributed by atoms with Gasteiger partial charge in [-0.2, -0.15) is 0 Å². The van der Waals surface area contributed by atoms with E-state index in [0.717, 1.165) is 11.4 Å². The van der Waals surface area contributed by atoms with Gasteiger partial charge in [0.25, 0.3) is 5.91 Å². The first kappa shape index (κ1) is 17.0. The molecule has 0 saturated carbocycles. The zero-order chi connectivity index (χ0) is 18.0. The number of aromatic nitrogens is 1. The number of para-hydroxylation sites is 1. The molecule has 3 heterocycles. The maximum atomic E-state index is 12.9. The molecule has 2 aliphatic heterocycles. The standard InChI is InChI=1S/C20H23N3O3/c1-22(16-5-3-2-4-6-16)17-7-10-21-18(15-17)19(24)23-11-8-20(9-12-23)25-13-14-26-20/h2-7,10,15H,8-9,11-14H2,1H3. The molecule has 0 atom stereocenters. The van der Waals surface area contributed by atoms with Crippen molar-refractivity contribution in [2.24, 2.45) is 0 Å². The van der Waals surface area contributed by atoms with Crippen molar-refractivity contribution in [2.75, 3.05) is 38.3 Å². The molecule has 6 heteroatoms. The Bertz CT molecular complexity index is 765. The van der Waals surface area contributed by atoms with Crippen LogP contribution in [0.3, 0.4) is 0 Å². The zero-order valence-electron chi connectivity index (χ0n) is 14.9. The van der Waals surface area contributed by atoms with Crippen LogP contribution in [0.4, 0.5) is 11.4 Å². The van der Waals surface area contributed by atoms with Gasteiger partial charge in [-0.25, -0.2) is 0 Å². The van der Waals surface area contributed by atoms with Gasteiger partial charge in [0.05, 0.1) is 13.2 Å². The first-order chi connectivity index (χ1) is 12.7. The number of nitrogens with zero attached hydrogens (tertiary/aromatic N) is 3. The fourth-order valence-corrected chi connectivity index (χ4v) is 3.54. The Morgan fingerprint density at radius 2 is 1.77 bits per heavy atom. The Morgan fingerprint density at radius 3 is 2.46 bits per heavy atom. The molecule has 1 spiro atoms. The van der Waals surface area contributed by atoms with Crippen LogP contribution in [0.2, 0.25) is 0 Å². The molecule has 1 amide bonds. The molecule has 4 rings (SSSR count). The number of piperidine rings is 1. The maximum Gasteiger partial charge on any atom is 0.272 e. The van der Waals surface area contributed by atoms with Crippen LogP contribution in [0.5, 0.6) is 0 Å². The van der Waals surface area contributed by atoms with Crippen LogP contribution in [0, 0.1) is 0 Å². The summed E-state index contributed by atoms with van der Waals surface area (Å²) in [6.45, 7) is 2.53. The van der Waals surface area contributed by atoms with Gasteiger partial charge in [0.15, 0.2) is 5.79 Å². The molecule has 0 bridgehead atoms. The summed E-state index contributed by atoms with van der Waals surface area (Å²) in [5.74, 6) is -0.513. The molecule has 1 aromatic carbocycles. The molecular formula is C20H23N3O3. The van der Waals surface area contributed by atoms with Crippen molar-refractivity contribution in [1.29, 1.82) is 0 Å². The smallest absolute Gasteiger partial charge is 0.272 e. The lowest BCUT2D eigenvalue weighted by Crippen LogP contribution is -2.47. The van der Waals surface area contributed by atoms with Crippen molar-refractivity contribution in [3.8, 4) is 0 Å². The van der Waals surface area contributed by atoms with Crippen LogP contribution in [0.15, 0.2) is 48.7 Å². The lowest BCUT2D eigenvalue weighted by molar-refractivity contribution is -0.181. The van der Waals surface area contributed by atoms with E-state index in [1.165, 1.54) is 0 Å². The molecule has 0 aliphatic carbocycles. The fourth-order valence-electron chi connectivity index (χ4n) is 3.54. The van der Waals surface area contributed by atoms with Gasteiger partial charge in [-0.15, -0.1) is 0 Å². The van der Waals surface area contributed by atoms with Crippen molar-refractivity contribution in [2.45, 2.75) is 18.6 Å². The van der Waals surface area contributed by atoms with E-state index in [1.54, 1.807) is 6.20 Å². The third-order valence-corrected chi connectivity index (χ3v) is 5.12. The minimum atomic E-state index is -0.473. The van der Waals surface area contributed by atoms with E-state index in [9.17, 15) is 4.79 Å². The average molecular weight is 353 g/mol. The van der Waals surface area contributed by atoms with Crippen molar-refractivity contribution in [3.05, 3.63) is 54.4 Å². The maximum absolute atomic E-state index is 12.9. The molecule has 26 heavy (non-hydrogen) atoms. The van der Waals surface area contributed by atoms with Crippen molar-refractivity contribution < 1.29 is 14.3 Å². The molecule has 2 saturated heterocycles. The number of rotatable bonds is 3. The highest BCUT2D eigenvalue weighted by molar-refractivity contribution is 5.93. The first-order valence-corrected chi connectivity index (χ1v) is 8.99. The summed E-state index contributed by atoms with van der Waals surface area (Å²) in [5.41, 5.74) is 2.47. The Labute approximate surface area is 153 Å². The molecular weight excluding hydrogens is 330 g/mol. The summed E-state index contributed by atoms with van der Waals surface area (Å²) >= 11 is 0. The van der Waals surface area contributed by atoms with Crippen LogP contribution < -0.4 is 4.90 Å². The molecule has 0 radical (unpaired) electrons. The van der Waals surface area contributed by atoms with Gasteiger partial charge in [-0.1, -0.05) is 18.2 Å². The minimum absolute atomic E-state index is 0.0406. The Balaban J connectivity index is 1.47. The summed E-state index contributed by atoms with van der Waals surface area (Å²) in [6, 6.07) is 13.8. The van der Waals surface area contributed by atoms with Crippen LogP contribution in [0.1, 0.15) is 23.3 Å². The van der Waals surface area contributed by atoms with Gasteiger partial charge in [0, 0.05) is 50.6 Å². The normalized spacial score (nSPS) is 18.9. The molecule has 2 fully saturated rings. The van der Waals surface area contributed by atoms with Crippen LogP contribution in [0.25, 0.3) is 0 Å². The highest BCUT2D eigenvalue weighted by Crippen LogP contribution is 2.32. The second-order valence-corrected chi connectivity index (χ2v) is 6.69. The predicted molar refractivity (Wildman–Crippen MR) is 98.5 cm³/mol. The van der Waals surface area contributed by atoms with Crippen LogP contribution in [-0.2, 0) is 9.47 Å². The molecule has 2 aromatic rings. The van der Waals surface area contributed by atoms with E-state index in [2.05, 4.69) is 4.98 Å². The number of hydrogen-bond acceptors (Lipinski definition) is 5. The third kappa shape index (κ3) is 3.30. The van der Waals surface area contributed by atoms with E-state index in [0.29, 0.717) is 44.8 Å². The molecule has 0 N–H and O–H groups in total. The van der Waals surface area contributed by atoms with Crippen LogP contribution in [-0.4, -0.2) is 54.9 Å². The van der Waals surface area contributed by atoms with E-state index >= 15 is 0 Å². The Morgan fingerprint density at radius 1 is 1.08 bits per heavy atom. The monoisotopic (exact) mass is 353 g/mol. The number of likely N-dealkylation sites (tertiary alicyclic amines) is 1. The van der Waals surface area contributed by atoms with Gasteiger partial charge in [0.2, 0.25) is 0 Å². The molecule has 2 aliphatic rings. The van der Waals surface area contributed by atoms with Gasteiger partial charge >= 0.3 is 0 Å². The number of pyridine rings is 1. The number of amides is 1. The predicted octanol–water partition coefficient (Wildman–Crippen LogP) is 2.83. The second-order valence-electron chi connectivity index (χ2n) is 6.69. The minimum Gasteiger partial charge on any atom is -0.347 e. The van der Waals surface area contributed by atoms with Gasteiger partial charge < -0.3 is 19.3 Å².